The van der Waals surface area contributed by atoms with Crippen molar-refractivity contribution < 1.29 is 28.2 Å². The van der Waals surface area contributed by atoms with Crippen molar-refractivity contribution in [2.45, 2.75) is 0 Å². The topological polar surface area (TPSA) is 60.4 Å². The molecule has 0 bridgehead atoms. The zero-order chi connectivity index (χ0) is 30.5. The lowest BCUT2D eigenvalue weighted by Crippen LogP contribution is -2.30. The van der Waals surface area contributed by atoms with E-state index in [1.807, 2.05) is 107 Å². The molecule has 2 heterocycles. The third-order valence-corrected chi connectivity index (χ3v) is 7.51. The minimum absolute atomic E-state index is 0.0417. The molecule has 0 fully saturated rings. The summed E-state index contributed by atoms with van der Waals surface area (Å²) in [6.07, 6.45) is 7.95. The summed E-state index contributed by atoms with van der Waals surface area (Å²) in [5, 5.41) is 0. The maximum Gasteiger partial charge on any atom is 0.211 e. The highest BCUT2D eigenvalue weighted by atomic mass is 16.5. The smallest absolute Gasteiger partial charge is 0.211 e. The van der Waals surface area contributed by atoms with Crippen LogP contribution >= 0.6 is 0 Å². The fraction of sp³-hybridized carbons (Fsp3) is 0.0526. The summed E-state index contributed by atoms with van der Waals surface area (Å²) in [4.78, 5) is 26.1. The fourth-order valence-corrected chi connectivity index (χ4v) is 5.02. The molecule has 0 aliphatic heterocycles. The van der Waals surface area contributed by atoms with Crippen LogP contribution in [0.15, 0.2) is 146 Å². The third kappa shape index (κ3) is 6.01. The molecule has 4 aromatic carbocycles. The van der Waals surface area contributed by atoms with E-state index >= 15 is 0 Å². The molecule has 6 heteroatoms. The van der Waals surface area contributed by atoms with Crippen LogP contribution in [0.5, 0.6) is 11.5 Å². The van der Waals surface area contributed by atoms with Crippen LogP contribution in [-0.4, -0.2) is 25.8 Å². The van der Waals surface area contributed by atoms with Gasteiger partial charge in [-0.2, -0.15) is 9.13 Å². The standard InChI is InChI=1S/C38H30N2O4/c1-43-35-13-9-29(10-14-35)37(41)31-5-3-7-33(25-31)39-21-17-27(18-22-39)28-19-23-40(24-20-28)34-8-4-6-32(26-34)38(42)30-11-15-36(44-2)16-12-30/h3-26H,1-2H3/q+2. The molecule has 0 saturated carbocycles. The first-order valence-corrected chi connectivity index (χ1v) is 14.1. The van der Waals surface area contributed by atoms with Crippen molar-refractivity contribution in [1.82, 2.24) is 0 Å². The van der Waals surface area contributed by atoms with Gasteiger partial charge in [-0.15, -0.1) is 0 Å². The second-order valence-electron chi connectivity index (χ2n) is 10.2. The number of carbonyl (C=O) groups is 2. The van der Waals surface area contributed by atoms with Crippen LogP contribution in [0.4, 0.5) is 0 Å². The van der Waals surface area contributed by atoms with Gasteiger partial charge < -0.3 is 9.47 Å². The van der Waals surface area contributed by atoms with Crippen LogP contribution in [-0.2, 0) is 0 Å². The SMILES string of the molecule is COc1ccc(C(=O)c2cccc(-[n+]3ccc(-c4cc[n+](-c5cccc(C(=O)c6ccc(OC)cc6)c5)cc4)cc3)c2)cc1. The summed E-state index contributed by atoms with van der Waals surface area (Å²) in [7, 11) is 3.21. The van der Waals surface area contributed by atoms with Gasteiger partial charge in [0, 0.05) is 70.8 Å². The summed E-state index contributed by atoms with van der Waals surface area (Å²) >= 11 is 0. The molecule has 6 aromatic rings. The Balaban J connectivity index is 1.17. The number of nitrogens with zero attached hydrogens (tertiary/aromatic N) is 2. The van der Waals surface area contributed by atoms with Crippen molar-refractivity contribution in [2.75, 3.05) is 14.2 Å². The van der Waals surface area contributed by atoms with Gasteiger partial charge in [0.1, 0.15) is 11.5 Å². The molecule has 0 radical (unpaired) electrons. The number of hydrogen-bond donors (Lipinski definition) is 0. The molecule has 6 nitrogen and oxygen atoms in total. The number of rotatable bonds is 9. The van der Waals surface area contributed by atoms with Crippen molar-refractivity contribution >= 4 is 11.6 Å². The predicted octanol–water partition coefficient (Wildman–Crippen LogP) is 6.39. The Morgan fingerprint density at radius 1 is 0.455 bits per heavy atom. The molecule has 0 spiro atoms. The molecule has 0 N–H and O–H groups in total. The van der Waals surface area contributed by atoms with Gasteiger partial charge in [-0.3, -0.25) is 9.59 Å². The average molecular weight is 579 g/mol. The van der Waals surface area contributed by atoms with Crippen LogP contribution in [0.3, 0.4) is 0 Å². The molecule has 0 unspecified atom stereocenters. The second kappa shape index (κ2) is 12.5. The molecule has 0 aliphatic carbocycles. The highest BCUT2D eigenvalue weighted by Gasteiger charge is 2.16. The van der Waals surface area contributed by atoms with E-state index in [1.54, 1.807) is 62.8 Å². The van der Waals surface area contributed by atoms with Crippen molar-refractivity contribution in [3.05, 3.63) is 168 Å². The van der Waals surface area contributed by atoms with E-state index in [4.69, 9.17) is 9.47 Å². The number of ketones is 2. The summed E-state index contributed by atoms with van der Waals surface area (Å²) in [5.74, 6) is 1.34. The van der Waals surface area contributed by atoms with Crippen LogP contribution in [0.1, 0.15) is 31.8 Å². The molecule has 0 saturated heterocycles. The normalized spacial score (nSPS) is 10.7. The molecule has 0 atom stereocenters. The Labute approximate surface area is 256 Å². The Hall–Kier alpha value is -5.88. The Kier molecular flexibility index (Phi) is 8.06. The highest BCUT2D eigenvalue weighted by molar-refractivity contribution is 6.09. The van der Waals surface area contributed by atoms with Crippen molar-refractivity contribution in [3.63, 3.8) is 0 Å². The molecule has 6 rings (SSSR count). The second-order valence-corrected chi connectivity index (χ2v) is 10.2. The molecular formula is C38H30N2O4+2. The van der Waals surface area contributed by atoms with E-state index in [-0.39, 0.29) is 11.6 Å². The minimum Gasteiger partial charge on any atom is -0.497 e. The molecule has 214 valence electrons. The maximum atomic E-state index is 13.1. The summed E-state index contributed by atoms with van der Waals surface area (Å²) in [6, 6.07) is 37.6. The number of methoxy groups -OCH3 is 2. The number of carbonyl (C=O) groups excluding carboxylic acids is 2. The largest absolute Gasteiger partial charge is 0.497 e. The van der Waals surface area contributed by atoms with Crippen LogP contribution < -0.4 is 18.6 Å². The van der Waals surface area contributed by atoms with Gasteiger partial charge in [0.25, 0.3) is 0 Å². The fourth-order valence-electron chi connectivity index (χ4n) is 5.02. The van der Waals surface area contributed by atoms with Crippen LogP contribution in [0.2, 0.25) is 0 Å². The first-order valence-electron chi connectivity index (χ1n) is 14.1. The highest BCUT2D eigenvalue weighted by Crippen LogP contribution is 2.20. The quantitative estimate of drug-likeness (QED) is 0.147. The molecule has 0 amide bonds. The van der Waals surface area contributed by atoms with E-state index < -0.39 is 0 Å². The monoisotopic (exact) mass is 578 g/mol. The van der Waals surface area contributed by atoms with Gasteiger partial charge >= 0.3 is 0 Å². The van der Waals surface area contributed by atoms with Gasteiger partial charge in [-0.25, -0.2) is 0 Å². The summed E-state index contributed by atoms with van der Waals surface area (Å²) in [6.45, 7) is 0. The molecule has 2 aromatic heterocycles. The summed E-state index contributed by atoms with van der Waals surface area (Å²) < 4.78 is 14.4. The molecular weight excluding hydrogens is 548 g/mol. The van der Waals surface area contributed by atoms with Gasteiger partial charge in [0.2, 0.25) is 11.4 Å². The lowest BCUT2D eigenvalue weighted by Gasteiger charge is -2.05. The lowest BCUT2D eigenvalue weighted by atomic mass is 10.0. The summed E-state index contributed by atoms with van der Waals surface area (Å²) in [5.41, 5.74) is 6.36. The van der Waals surface area contributed by atoms with E-state index in [2.05, 4.69) is 0 Å². The number of pyridine rings is 2. The number of hydrogen-bond acceptors (Lipinski definition) is 4. The van der Waals surface area contributed by atoms with Crippen LogP contribution in [0.25, 0.3) is 22.5 Å². The minimum atomic E-state index is -0.0417. The van der Waals surface area contributed by atoms with E-state index in [9.17, 15) is 9.59 Å². The first kappa shape index (κ1) is 28.2. The van der Waals surface area contributed by atoms with Crippen molar-refractivity contribution in [1.29, 1.82) is 0 Å². The Morgan fingerprint density at radius 3 is 1.16 bits per heavy atom. The van der Waals surface area contributed by atoms with E-state index in [1.165, 1.54) is 0 Å². The average Bonchev–Trinajstić information content (AvgIpc) is 3.11. The van der Waals surface area contributed by atoms with Gasteiger partial charge in [0.05, 0.1) is 14.2 Å². The van der Waals surface area contributed by atoms with Gasteiger partial charge in [-0.05, 0) is 59.7 Å². The first-order chi connectivity index (χ1) is 21.5. The zero-order valence-corrected chi connectivity index (χ0v) is 24.4. The number of ether oxygens (including phenoxy) is 2. The van der Waals surface area contributed by atoms with E-state index in [0.29, 0.717) is 33.8 Å². The lowest BCUT2D eigenvalue weighted by molar-refractivity contribution is -0.596. The number of aromatic nitrogens is 2. The van der Waals surface area contributed by atoms with Crippen molar-refractivity contribution in [3.8, 4) is 34.0 Å². The number of benzene rings is 4. The van der Waals surface area contributed by atoms with E-state index in [0.717, 1.165) is 22.5 Å². The maximum absolute atomic E-state index is 13.1. The molecule has 44 heavy (non-hydrogen) atoms. The van der Waals surface area contributed by atoms with Gasteiger partial charge in [0.15, 0.2) is 36.4 Å². The predicted molar refractivity (Wildman–Crippen MR) is 168 cm³/mol. The van der Waals surface area contributed by atoms with Gasteiger partial charge in [-0.1, -0.05) is 24.3 Å². The van der Waals surface area contributed by atoms with Crippen LogP contribution in [0, 0.1) is 0 Å². The zero-order valence-electron chi connectivity index (χ0n) is 24.4. The van der Waals surface area contributed by atoms with Crippen molar-refractivity contribution in [2.24, 2.45) is 0 Å². The Bertz CT molecular complexity index is 1790. The third-order valence-electron chi connectivity index (χ3n) is 7.51. The molecule has 0 aliphatic rings. The Morgan fingerprint density at radius 2 is 0.818 bits per heavy atom.